The first-order chi connectivity index (χ1) is 17.1. The van der Waals surface area contributed by atoms with E-state index < -0.39 is 0 Å². The normalized spacial score (nSPS) is 21.2. The number of rotatable bonds is 5. The molecule has 0 spiro atoms. The third-order valence-electron chi connectivity index (χ3n) is 7.04. The van der Waals surface area contributed by atoms with Crippen molar-refractivity contribution < 1.29 is 14.0 Å². The van der Waals surface area contributed by atoms with Crippen molar-refractivity contribution in [3.8, 4) is 0 Å². The van der Waals surface area contributed by atoms with Gasteiger partial charge in [0.2, 0.25) is 11.8 Å². The van der Waals surface area contributed by atoms with Crippen molar-refractivity contribution in [2.24, 2.45) is 5.92 Å². The maximum absolute atomic E-state index is 14.0. The van der Waals surface area contributed by atoms with Crippen molar-refractivity contribution in [1.29, 1.82) is 0 Å². The highest BCUT2D eigenvalue weighted by molar-refractivity contribution is 5.79. The summed E-state index contributed by atoms with van der Waals surface area (Å²) in [6, 6.07) is 10.9. The minimum absolute atomic E-state index is 0.0413. The molecule has 8 heteroatoms. The molecule has 2 saturated heterocycles. The average Bonchev–Trinajstić information content (AvgIpc) is 2.91. The molecule has 2 amide bonds. The number of halogens is 1. The number of pyridine rings is 1. The molecule has 1 atom stereocenters. The monoisotopic (exact) mass is 481 g/mol. The van der Waals surface area contributed by atoms with Crippen LogP contribution in [0.3, 0.4) is 0 Å². The van der Waals surface area contributed by atoms with Gasteiger partial charge in [0, 0.05) is 82.7 Å². The van der Waals surface area contributed by atoms with Crippen LogP contribution in [0.4, 0.5) is 4.39 Å². The molecule has 0 aliphatic carbocycles. The fourth-order valence-corrected chi connectivity index (χ4v) is 4.95. The van der Waals surface area contributed by atoms with Crippen LogP contribution in [0.1, 0.15) is 36.8 Å². The van der Waals surface area contributed by atoms with Gasteiger partial charge in [-0.05, 0) is 49.6 Å². The van der Waals surface area contributed by atoms with Crippen LogP contribution in [-0.4, -0.2) is 77.3 Å². The Labute approximate surface area is 207 Å². The number of benzene rings is 1. The van der Waals surface area contributed by atoms with Crippen LogP contribution in [0.2, 0.25) is 0 Å². The van der Waals surface area contributed by atoms with Gasteiger partial charge < -0.3 is 10.2 Å². The second-order valence-corrected chi connectivity index (χ2v) is 9.55. The van der Waals surface area contributed by atoms with Gasteiger partial charge in [-0.25, -0.2) is 4.39 Å². The van der Waals surface area contributed by atoms with E-state index in [0.717, 1.165) is 39.0 Å². The Morgan fingerprint density at radius 3 is 2.46 bits per heavy atom. The van der Waals surface area contributed by atoms with Crippen molar-refractivity contribution in [3.63, 3.8) is 0 Å². The lowest BCUT2D eigenvalue weighted by Gasteiger charge is -2.36. The van der Waals surface area contributed by atoms with Crippen LogP contribution < -0.4 is 5.32 Å². The van der Waals surface area contributed by atoms with Crippen LogP contribution in [0.5, 0.6) is 0 Å². The summed E-state index contributed by atoms with van der Waals surface area (Å²) in [5, 5.41) is 3.00. The zero-order valence-electron chi connectivity index (χ0n) is 20.4. The number of piperazine rings is 1. The number of aromatic nitrogens is 1. The minimum atomic E-state index is -0.177. The second-order valence-electron chi connectivity index (χ2n) is 9.55. The predicted octanol–water partition coefficient (Wildman–Crippen LogP) is 2.67. The van der Waals surface area contributed by atoms with Gasteiger partial charge >= 0.3 is 0 Å². The molecule has 2 aromatic rings. The Balaban J connectivity index is 1.30. The van der Waals surface area contributed by atoms with Gasteiger partial charge in [0.1, 0.15) is 5.82 Å². The van der Waals surface area contributed by atoms with Crippen molar-refractivity contribution in [2.75, 3.05) is 45.8 Å². The zero-order chi connectivity index (χ0) is 24.5. The van der Waals surface area contributed by atoms with E-state index in [-0.39, 0.29) is 23.5 Å². The van der Waals surface area contributed by atoms with Gasteiger partial charge in [-0.1, -0.05) is 18.2 Å². The summed E-state index contributed by atoms with van der Waals surface area (Å²) in [5.41, 5.74) is 1.87. The Kier molecular flexibility index (Phi) is 9.20. The number of nitrogens with zero attached hydrogens (tertiary/aromatic N) is 4. The molecule has 2 fully saturated rings. The molecular weight excluding hydrogens is 445 g/mol. The van der Waals surface area contributed by atoms with Crippen molar-refractivity contribution in [1.82, 2.24) is 25.0 Å². The summed E-state index contributed by atoms with van der Waals surface area (Å²) in [4.78, 5) is 36.3. The highest BCUT2D eigenvalue weighted by atomic mass is 19.1. The predicted molar refractivity (Wildman–Crippen MR) is 133 cm³/mol. The Hall–Kier alpha value is -2.84. The lowest BCUT2D eigenvalue weighted by atomic mass is 9.97. The van der Waals surface area contributed by atoms with E-state index in [0.29, 0.717) is 51.1 Å². The largest absolute Gasteiger partial charge is 0.356 e. The van der Waals surface area contributed by atoms with Crippen molar-refractivity contribution in [2.45, 2.75) is 38.8 Å². The molecule has 0 saturated carbocycles. The molecule has 188 valence electrons. The molecule has 7 nitrogen and oxygen atoms in total. The van der Waals surface area contributed by atoms with Gasteiger partial charge in [0.25, 0.3) is 0 Å². The van der Waals surface area contributed by atoms with E-state index >= 15 is 0 Å². The van der Waals surface area contributed by atoms with Crippen LogP contribution in [0.15, 0.2) is 48.8 Å². The smallest absolute Gasteiger partial charge is 0.225 e. The maximum Gasteiger partial charge on any atom is 0.225 e. The molecule has 4 rings (SSSR count). The fourth-order valence-electron chi connectivity index (χ4n) is 4.95. The maximum atomic E-state index is 14.0. The molecule has 0 radical (unpaired) electrons. The first-order valence-electron chi connectivity index (χ1n) is 12.7. The standard InChI is InChI=1S/C27H36FN5O2/c28-25-6-2-1-4-24(25)21-32-16-18-33(19-17-32)27(35)23-5-3-14-31(15-10-26(34)30-13-9-23)20-22-7-11-29-12-8-22/h1-2,4,6-8,11-12,23H,3,5,9-10,13-21H2,(H,30,34). The van der Waals surface area contributed by atoms with Gasteiger partial charge in [0.05, 0.1) is 0 Å². The van der Waals surface area contributed by atoms with Crippen LogP contribution in [0, 0.1) is 11.7 Å². The number of carbonyl (C=O) groups is 2. The van der Waals surface area contributed by atoms with E-state index in [1.54, 1.807) is 18.5 Å². The Bertz CT molecular complexity index is 965. The number of hydrogen-bond acceptors (Lipinski definition) is 5. The van der Waals surface area contributed by atoms with Crippen LogP contribution >= 0.6 is 0 Å². The molecule has 1 N–H and O–H groups in total. The summed E-state index contributed by atoms with van der Waals surface area (Å²) in [5.74, 6) is -0.0398. The van der Waals surface area contributed by atoms with E-state index in [4.69, 9.17) is 0 Å². The van der Waals surface area contributed by atoms with Gasteiger partial charge in [-0.2, -0.15) is 0 Å². The summed E-state index contributed by atoms with van der Waals surface area (Å²) >= 11 is 0. The second kappa shape index (κ2) is 12.7. The number of hydrogen-bond donors (Lipinski definition) is 1. The molecule has 35 heavy (non-hydrogen) atoms. The summed E-state index contributed by atoms with van der Waals surface area (Å²) in [7, 11) is 0. The lowest BCUT2D eigenvalue weighted by Crippen LogP contribution is -2.50. The molecule has 1 aromatic carbocycles. The average molecular weight is 482 g/mol. The number of amides is 2. The third-order valence-corrected chi connectivity index (χ3v) is 7.04. The molecule has 1 aromatic heterocycles. The fraction of sp³-hybridized carbons (Fsp3) is 0.519. The Morgan fingerprint density at radius 1 is 0.943 bits per heavy atom. The van der Waals surface area contributed by atoms with Crippen molar-refractivity contribution in [3.05, 3.63) is 65.7 Å². The van der Waals surface area contributed by atoms with E-state index in [9.17, 15) is 14.0 Å². The number of carbonyl (C=O) groups excluding carboxylic acids is 2. The summed E-state index contributed by atoms with van der Waals surface area (Å²) in [6.45, 7) is 6.23. The molecule has 1 unspecified atom stereocenters. The van der Waals surface area contributed by atoms with Gasteiger partial charge in [-0.15, -0.1) is 0 Å². The minimum Gasteiger partial charge on any atom is -0.356 e. The van der Waals surface area contributed by atoms with Gasteiger partial charge in [-0.3, -0.25) is 24.4 Å². The first-order valence-corrected chi connectivity index (χ1v) is 12.7. The van der Waals surface area contributed by atoms with Gasteiger partial charge in [0.15, 0.2) is 0 Å². The molecule has 3 heterocycles. The highest BCUT2D eigenvalue weighted by Crippen LogP contribution is 2.19. The van der Waals surface area contributed by atoms with Crippen molar-refractivity contribution >= 4 is 11.8 Å². The van der Waals surface area contributed by atoms with Crippen LogP contribution in [-0.2, 0) is 22.7 Å². The summed E-state index contributed by atoms with van der Waals surface area (Å²) < 4.78 is 14.0. The third kappa shape index (κ3) is 7.57. The van der Waals surface area contributed by atoms with E-state index in [1.807, 2.05) is 29.2 Å². The molecule has 0 bridgehead atoms. The van der Waals surface area contributed by atoms with Crippen LogP contribution in [0.25, 0.3) is 0 Å². The highest BCUT2D eigenvalue weighted by Gasteiger charge is 2.28. The van der Waals surface area contributed by atoms with E-state index in [2.05, 4.69) is 20.1 Å². The first kappa shape index (κ1) is 25.3. The number of nitrogens with one attached hydrogen (secondary N) is 1. The quantitative estimate of drug-likeness (QED) is 0.711. The zero-order valence-corrected chi connectivity index (χ0v) is 20.4. The molecule has 2 aliphatic heterocycles. The molecule has 2 aliphatic rings. The molecular formula is C27H36FN5O2. The summed E-state index contributed by atoms with van der Waals surface area (Å²) in [6.07, 6.45) is 6.45. The lowest BCUT2D eigenvalue weighted by molar-refractivity contribution is -0.138. The SMILES string of the molecule is O=C1CCN(Cc2ccncc2)CCCC(C(=O)N2CCN(Cc3ccccc3F)CC2)CCN1. The van der Waals surface area contributed by atoms with E-state index in [1.165, 1.54) is 11.6 Å². The topological polar surface area (TPSA) is 68.8 Å². The Morgan fingerprint density at radius 2 is 1.69 bits per heavy atom.